The second kappa shape index (κ2) is 6.41. The van der Waals surface area contributed by atoms with Crippen LogP contribution in [0.15, 0.2) is 35.2 Å². The molecular formula is C15H19N3O3S. The van der Waals surface area contributed by atoms with Crippen LogP contribution in [0, 0.1) is 13.8 Å². The summed E-state index contributed by atoms with van der Waals surface area (Å²) in [6, 6.07) is 7.94. The third-order valence-corrected chi connectivity index (χ3v) is 4.73. The van der Waals surface area contributed by atoms with Gasteiger partial charge in [-0.15, -0.1) is 0 Å². The molecule has 1 N–H and O–H groups in total. The third-order valence-electron chi connectivity index (χ3n) is 3.27. The molecule has 0 aliphatic heterocycles. The van der Waals surface area contributed by atoms with Crippen molar-refractivity contribution in [2.24, 2.45) is 0 Å². The van der Waals surface area contributed by atoms with Gasteiger partial charge in [-0.3, -0.25) is 9.48 Å². The van der Waals surface area contributed by atoms with Crippen molar-refractivity contribution in [1.82, 2.24) is 14.5 Å². The molecule has 0 aliphatic carbocycles. The van der Waals surface area contributed by atoms with Gasteiger partial charge in [0.25, 0.3) is 0 Å². The predicted molar refractivity (Wildman–Crippen MR) is 83.3 cm³/mol. The molecule has 2 aromatic rings. The summed E-state index contributed by atoms with van der Waals surface area (Å²) in [6.07, 6.45) is 0. The average Bonchev–Trinajstić information content (AvgIpc) is 2.77. The van der Waals surface area contributed by atoms with E-state index >= 15 is 0 Å². The van der Waals surface area contributed by atoms with Crippen LogP contribution >= 0.6 is 0 Å². The van der Waals surface area contributed by atoms with Gasteiger partial charge in [0, 0.05) is 17.8 Å². The van der Waals surface area contributed by atoms with Crippen molar-refractivity contribution in [2.45, 2.75) is 32.2 Å². The summed E-state index contributed by atoms with van der Waals surface area (Å²) >= 11 is 0. The van der Waals surface area contributed by atoms with Gasteiger partial charge < -0.3 is 0 Å². The minimum atomic E-state index is -3.64. The molecule has 6 nitrogen and oxygen atoms in total. The maximum absolute atomic E-state index is 12.2. The smallest absolute Gasteiger partial charge is 0.240 e. The van der Waals surface area contributed by atoms with Crippen molar-refractivity contribution < 1.29 is 13.2 Å². The van der Waals surface area contributed by atoms with E-state index in [2.05, 4.69) is 9.82 Å². The summed E-state index contributed by atoms with van der Waals surface area (Å²) in [7, 11) is -3.64. The Labute approximate surface area is 130 Å². The fourth-order valence-corrected chi connectivity index (χ4v) is 3.22. The number of ketones is 1. The molecule has 0 unspecified atom stereocenters. The van der Waals surface area contributed by atoms with E-state index in [0.29, 0.717) is 12.1 Å². The summed E-state index contributed by atoms with van der Waals surface area (Å²) < 4.78 is 28.8. The lowest BCUT2D eigenvalue weighted by Gasteiger charge is -2.08. The fourth-order valence-electron chi connectivity index (χ4n) is 2.15. The Morgan fingerprint density at radius 1 is 1.27 bits per heavy atom. The molecule has 22 heavy (non-hydrogen) atoms. The first-order chi connectivity index (χ1) is 10.3. The van der Waals surface area contributed by atoms with E-state index < -0.39 is 10.0 Å². The van der Waals surface area contributed by atoms with Crippen LogP contribution in [-0.4, -0.2) is 30.5 Å². The zero-order valence-electron chi connectivity index (χ0n) is 12.8. The van der Waals surface area contributed by atoms with Crippen molar-refractivity contribution >= 4 is 15.8 Å². The van der Waals surface area contributed by atoms with Gasteiger partial charge in [-0.25, -0.2) is 13.1 Å². The Balaban J connectivity index is 2.06. The predicted octanol–water partition coefficient (Wildman–Crippen LogP) is 1.68. The van der Waals surface area contributed by atoms with Crippen LogP contribution in [0.4, 0.5) is 0 Å². The lowest BCUT2D eigenvalue weighted by Crippen LogP contribution is -2.28. The molecule has 0 spiro atoms. The van der Waals surface area contributed by atoms with Crippen molar-refractivity contribution in [3.63, 3.8) is 0 Å². The van der Waals surface area contributed by atoms with Gasteiger partial charge in [-0.1, -0.05) is 12.1 Å². The number of hydrogen-bond acceptors (Lipinski definition) is 4. The minimum Gasteiger partial charge on any atom is -0.295 e. The van der Waals surface area contributed by atoms with E-state index in [1.807, 2.05) is 19.9 Å². The molecule has 0 saturated carbocycles. The van der Waals surface area contributed by atoms with Crippen molar-refractivity contribution in [1.29, 1.82) is 0 Å². The van der Waals surface area contributed by atoms with Crippen molar-refractivity contribution in [3.8, 4) is 0 Å². The maximum atomic E-state index is 12.2. The van der Waals surface area contributed by atoms with E-state index in [0.717, 1.165) is 11.4 Å². The number of nitrogens with one attached hydrogen (secondary N) is 1. The Hall–Kier alpha value is -1.99. The highest BCUT2D eigenvalue weighted by atomic mass is 32.2. The van der Waals surface area contributed by atoms with E-state index in [1.54, 1.807) is 16.8 Å². The number of rotatable bonds is 6. The normalized spacial score (nSPS) is 11.6. The summed E-state index contributed by atoms with van der Waals surface area (Å²) in [6.45, 7) is 5.90. The number of carbonyl (C=O) groups is 1. The largest absolute Gasteiger partial charge is 0.295 e. The molecular weight excluding hydrogens is 302 g/mol. The molecule has 1 heterocycles. The van der Waals surface area contributed by atoms with Crippen LogP contribution in [-0.2, 0) is 16.6 Å². The van der Waals surface area contributed by atoms with E-state index in [4.69, 9.17) is 0 Å². The van der Waals surface area contributed by atoms with Crippen molar-refractivity contribution in [2.75, 3.05) is 6.54 Å². The van der Waals surface area contributed by atoms with E-state index in [9.17, 15) is 13.2 Å². The van der Waals surface area contributed by atoms with E-state index in [1.165, 1.54) is 19.1 Å². The molecule has 0 radical (unpaired) electrons. The first-order valence-electron chi connectivity index (χ1n) is 6.91. The summed E-state index contributed by atoms with van der Waals surface area (Å²) in [5.74, 6) is -0.167. The first-order valence-corrected chi connectivity index (χ1v) is 8.39. The van der Waals surface area contributed by atoms with Crippen LogP contribution in [0.2, 0.25) is 0 Å². The standard InChI is InChI=1S/C15H19N3O3S/c1-11-9-12(2)18(17-11)8-7-16-22(20,21)15-6-4-5-14(10-15)13(3)19/h4-6,9-10,16H,7-8H2,1-3H3. The number of aromatic nitrogens is 2. The Morgan fingerprint density at radius 2 is 2.00 bits per heavy atom. The number of hydrogen-bond donors (Lipinski definition) is 1. The Bertz CT molecular complexity index is 794. The Morgan fingerprint density at radius 3 is 2.59 bits per heavy atom. The summed E-state index contributed by atoms with van der Waals surface area (Å²) in [5, 5.41) is 4.28. The zero-order valence-corrected chi connectivity index (χ0v) is 13.6. The van der Waals surface area contributed by atoms with Gasteiger partial charge in [0.15, 0.2) is 5.78 Å². The topological polar surface area (TPSA) is 81.1 Å². The molecule has 0 bridgehead atoms. The lowest BCUT2D eigenvalue weighted by molar-refractivity contribution is 0.101. The highest BCUT2D eigenvalue weighted by Gasteiger charge is 2.15. The monoisotopic (exact) mass is 321 g/mol. The number of Topliss-reactive ketones (excluding diaryl/α,β-unsaturated/α-hetero) is 1. The molecule has 0 fully saturated rings. The zero-order chi connectivity index (χ0) is 16.3. The fraction of sp³-hybridized carbons (Fsp3) is 0.333. The van der Waals surface area contributed by atoms with Gasteiger partial charge >= 0.3 is 0 Å². The van der Waals surface area contributed by atoms with Crippen LogP contribution in [0.25, 0.3) is 0 Å². The third kappa shape index (κ3) is 3.80. The Kier molecular flexibility index (Phi) is 4.77. The maximum Gasteiger partial charge on any atom is 0.240 e. The molecule has 0 saturated heterocycles. The molecule has 7 heteroatoms. The van der Waals surface area contributed by atoms with Crippen LogP contribution in [0.5, 0.6) is 0 Å². The lowest BCUT2D eigenvalue weighted by atomic mass is 10.2. The number of nitrogens with zero attached hydrogens (tertiary/aromatic N) is 2. The minimum absolute atomic E-state index is 0.0913. The van der Waals surface area contributed by atoms with E-state index in [-0.39, 0.29) is 17.2 Å². The first kappa shape index (κ1) is 16.4. The molecule has 0 amide bonds. The number of aryl methyl sites for hydroxylation is 2. The highest BCUT2D eigenvalue weighted by molar-refractivity contribution is 7.89. The average molecular weight is 321 g/mol. The molecule has 118 valence electrons. The molecule has 2 rings (SSSR count). The molecule has 1 aromatic carbocycles. The molecule has 0 atom stereocenters. The van der Waals surface area contributed by atoms with Crippen LogP contribution in [0.1, 0.15) is 28.7 Å². The van der Waals surface area contributed by atoms with Gasteiger partial charge in [0.05, 0.1) is 17.1 Å². The highest BCUT2D eigenvalue weighted by Crippen LogP contribution is 2.12. The SMILES string of the molecule is CC(=O)c1cccc(S(=O)(=O)NCCn2nc(C)cc2C)c1. The van der Waals surface area contributed by atoms with Crippen LogP contribution < -0.4 is 4.72 Å². The quantitative estimate of drug-likeness (QED) is 0.821. The van der Waals surface area contributed by atoms with Gasteiger partial charge in [-0.05, 0) is 39.0 Å². The summed E-state index contributed by atoms with van der Waals surface area (Å²) in [4.78, 5) is 11.4. The number of carbonyl (C=O) groups excluding carboxylic acids is 1. The molecule has 1 aromatic heterocycles. The van der Waals surface area contributed by atoms with Gasteiger partial charge in [-0.2, -0.15) is 5.10 Å². The second-order valence-corrected chi connectivity index (χ2v) is 6.90. The number of benzene rings is 1. The second-order valence-electron chi connectivity index (χ2n) is 5.13. The summed E-state index contributed by atoms with van der Waals surface area (Å²) in [5.41, 5.74) is 2.26. The van der Waals surface area contributed by atoms with Gasteiger partial charge in [0.2, 0.25) is 10.0 Å². The van der Waals surface area contributed by atoms with Crippen LogP contribution in [0.3, 0.4) is 0 Å². The van der Waals surface area contributed by atoms with Crippen molar-refractivity contribution in [3.05, 3.63) is 47.3 Å². The molecule has 0 aliphatic rings. The number of sulfonamides is 1. The van der Waals surface area contributed by atoms with Gasteiger partial charge in [0.1, 0.15) is 0 Å².